The average molecular weight is 312 g/mol. The highest BCUT2D eigenvalue weighted by atomic mass is 32.2. The first-order valence-corrected chi connectivity index (χ1v) is 8.74. The summed E-state index contributed by atoms with van der Waals surface area (Å²) in [5.41, 5.74) is 0.932. The van der Waals surface area contributed by atoms with Crippen molar-refractivity contribution < 1.29 is 13.2 Å². The number of hydrogen-bond donors (Lipinski definition) is 1. The Morgan fingerprint density at radius 1 is 1.43 bits per heavy atom. The zero-order valence-corrected chi connectivity index (χ0v) is 13.7. The second kappa shape index (κ2) is 6.77. The van der Waals surface area contributed by atoms with Crippen molar-refractivity contribution in [3.8, 4) is 5.75 Å². The number of hydrogen-bond acceptors (Lipinski definition) is 4. The SMILES string of the molecule is CNCc1ccc(OC)c(S(=O)(=O)N2CCCC(C)C2)c1. The van der Waals surface area contributed by atoms with Gasteiger partial charge >= 0.3 is 0 Å². The van der Waals surface area contributed by atoms with E-state index in [1.54, 1.807) is 16.4 Å². The van der Waals surface area contributed by atoms with Gasteiger partial charge in [-0.05, 0) is 43.5 Å². The van der Waals surface area contributed by atoms with E-state index in [1.165, 1.54) is 7.11 Å². The summed E-state index contributed by atoms with van der Waals surface area (Å²) in [4.78, 5) is 0.270. The third-order valence-corrected chi connectivity index (χ3v) is 5.73. The summed E-state index contributed by atoms with van der Waals surface area (Å²) in [5, 5.41) is 3.04. The van der Waals surface area contributed by atoms with Gasteiger partial charge < -0.3 is 10.1 Å². The molecule has 6 heteroatoms. The van der Waals surface area contributed by atoms with Crippen LogP contribution < -0.4 is 10.1 Å². The Bertz CT molecular complexity index is 587. The number of nitrogens with zero attached hydrogens (tertiary/aromatic N) is 1. The van der Waals surface area contributed by atoms with Crippen LogP contribution in [-0.2, 0) is 16.6 Å². The average Bonchev–Trinajstić information content (AvgIpc) is 2.47. The van der Waals surface area contributed by atoms with Crippen molar-refractivity contribution in [3.63, 3.8) is 0 Å². The van der Waals surface area contributed by atoms with E-state index in [0.717, 1.165) is 18.4 Å². The summed E-state index contributed by atoms with van der Waals surface area (Å²) in [6.45, 7) is 3.90. The van der Waals surface area contributed by atoms with Crippen LogP contribution in [0.15, 0.2) is 23.1 Å². The summed E-state index contributed by atoms with van der Waals surface area (Å²) in [6.07, 6.45) is 2.00. The van der Waals surface area contributed by atoms with Crippen LogP contribution >= 0.6 is 0 Å². The topological polar surface area (TPSA) is 58.6 Å². The molecule has 2 rings (SSSR count). The molecule has 1 aromatic carbocycles. The van der Waals surface area contributed by atoms with Crippen molar-refractivity contribution in [3.05, 3.63) is 23.8 Å². The minimum absolute atomic E-state index is 0.270. The van der Waals surface area contributed by atoms with Gasteiger partial charge in [-0.1, -0.05) is 13.0 Å². The Kier molecular flexibility index (Phi) is 5.24. The number of piperidine rings is 1. The van der Waals surface area contributed by atoms with Gasteiger partial charge in [0.05, 0.1) is 7.11 Å². The third kappa shape index (κ3) is 3.56. The van der Waals surface area contributed by atoms with Crippen LogP contribution in [0.4, 0.5) is 0 Å². The first-order chi connectivity index (χ1) is 9.98. The van der Waals surface area contributed by atoms with Crippen LogP contribution in [0.5, 0.6) is 5.75 Å². The quantitative estimate of drug-likeness (QED) is 0.901. The molecule has 1 heterocycles. The van der Waals surface area contributed by atoms with Crippen LogP contribution in [0, 0.1) is 5.92 Å². The lowest BCUT2D eigenvalue weighted by Gasteiger charge is -2.30. The number of benzene rings is 1. The van der Waals surface area contributed by atoms with Crippen molar-refractivity contribution >= 4 is 10.0 Å². The van der Waals surface area contributed by atoms with Crippen molar-refractivity contribution in [1.29, 1.82) is 0 Å². The van der Waals surface area contributed by atoms with E-state index in [2.05, 4.69) is 12.2 Å². The van der Waals surface area contributed by atoms with Crippen LogP contribution in [0.25, 0.3) is 0 Å². The highest BCUT2D eigenvalue weighted by molar-refractivity contribution is 7.89. The lowest BCUT2D eigenvalue weighted by atomic mass is 10.0. The van der Waals surface area contributed by atoms with Gasteiger partial charge in [0.15, 0.2) is 0 Å². The largest absolute Gasteiger partial charge is 0.495 e. The zero-order valence-electron chi connectivity index (χ0n) is 12.9. The number of ether oxygens (including phenoxy) is 1. The first-order valence-electron chi connectivity index (χ1n) is 7.30. The minimum Gasteiger partial charge on any atom is -0.495 e. The Morgan fingerprint density at radius 2 is 2.19 bits per heavy atom. The van der Waals surface area contributed by atoms with Crippen molar-refractivity contribution in [2.75, 3.05) is 27.2 Å². The molecule has 21 heavy (non-hydrogen) atoms. The lowest BCUT2D eigenvalue weighted by molar-refractivity contribution is 0.280. The fourth-order valence-electron chi connectivity index (χ4n) is 2.74. The van der Waals surface area contributed by atoms with Crippen LogP contribution in [0.2, 0.25) is 0 Å². The molecule has 1 saturated heterocycles. The Morgan fingerprint density at radius 3 is 2.81 bits per heavy atom. The monoisotopic (exact) mass is 312 g/mol. The van der Waals surface area contributed by atoms with Gasteiger partial charge in [0.25, 0.3) is 0 Å². The second-order valence-electron chi connectivity index (χ2n) is 5.63. The summed E-state index contributed by atoms with van der Waals surface area (Å²) < 4.78 is 32.6. The zero-order chi connectivity index (χ0) is 15.5. The maximum absolute atomic E-state index is 12.9. The van der Waals surface area contributed by atoms with Crippen LogP contribution in [0.1, 0.15) is 25.3 Å². The molecule has 1 fully saturated rings. The predicted molar refractivity (Wildman–Crippen MR) is 82.9 cm³/mol. The third-order valence-electron chi connectivity index (χ3n) is 3.85. The molecular formula is C15H24N2O3S. The maximum atomic E-state index is 12.9. The molecular weight excluding hydrogens is 288 g/mol. The molecule has 0 spiro atoms. The fourth-order valence-corrected chi connectivity index (χ4v) is 4.54. The second-order valence-corrected chi connectivity index (χ2v) is 7.53. The maximum Gasteiger partial charge on any atom is 0.246 e. The highest BCUT2D eigenvalue weighted by Gasteiger charge is 2.31. The van der Waals surface area contributed by atoms with Gasteiger partial charge in [-0.2, -0.15) is 4.31 Å². The van der Waals surface area contributed by atoms with Crippen molar-refractivity contribution in [2.45, 2.75) is 31.2 Å². The molecule has 5 nitrogen and oxygen atoms in total. The van der Waals surface area contributed by atoms with Gasteiger partial charge in [0.1, 0.15) is 10.6 Å². The highest BCUT2D eigenvalue weighted by Crippen LogP contribution is 2.30. The van der Waals surface area contributed by atoms with Crippen LogP contribution in [0.3, 0.4) is 0 Å². The number of rotatable bonds is 5. The van der Waals surface area contributed by atoms with Crippen LogP contribution in [-0.4, -0.2) is 40.0 Å². The van der Waals surface area contributed by atoms with E-state index in [1.807, 2.05) is 13.1 Å². The van der Waals surface area contributed by atoms with E-state index in [-0.39, 0.29) is 4.90 Å². The molecule has 1 aromatic rings. The van der Waals surface area contributed by atoms with Gasteiger partial charge in [-0.25, -0.2) is 8.42 Å². The Hall–Kier alpha value is -1.11. The first kappa shape index (κ1) is 16.3. The van der Waals surface area contributed by atoms with E-state index in [0.29, 0.717) is 31.3 Å². The summed E-state index contributed by atoms with van der Waals surface area (Å²) >= 11 is 0. The summed E-state index contributed by atoms with van der Waals surface area (Å²) in [6, 6.07) is 5.32. The molecule has 0 aromatic heterocycles. The Balaban J connectivity index is 2.39. The van der Waals surface area contributed by atoms with Crippen molar-refractivity contribution in [2.24, 2.45) is 5.92 Å². The molecule has 0 aliphatic carbocycles. The van der Waals surface area contributed by atoms with Crippen molar-refractivity contribution in [1.82, 2.24) is 9.62 Å². The molecule has 0 bridgehead atoms. The van der Waals surface area contributed by atoms with Gasteiger partial charge in [-0.15, -0.1) is 0 Å². The molecule has 118 valence electrons. The minimum atomic E-state index is -3.50. The van der Waals surface area contributed by atoms with E-state index < -0.39 is 10.0 Å². The molecule has 1 atom stereocenters. The Labute approximate surface area is 127 Å². The number of nitrogens with one attached hydrogen (secondary N) is 1. The standard InChI is InChI=1S/C15H24N2O3S/c1-12-5-4-8-17(11-12)21(18,19)15-9-13(10-16-2)6-7-14(15)20-3/h6-7,9,12,16H,4-5,8,10-11H2,1-3H3. The van der Waals surface area contributed by atoms with E-state index in [9.17, 15) is 8.42 Å². The lowest BCUT2D eigenvalue weighted by Crippen LogP contribution is -2.39. The molecule has 0 radical (unpaired) electrons. The molecule has 0 amide bonds. The number of sulfonamides is 1. The molecule has 1 aliphatic rings. The number of methoxy groups -OCH3 is 1. The van der Waals surface area contributed by atoms with Gasteiger partial charge in [-0.3, -0.25) is 0 Å². The predicted octanol–water partition coefficient (Wildman–Crippen LogP) is 1.84. The normalized spacial score (nSPS) is 20.4. The van der Waals surface area contributed by atoms with E-state index in [4.69, 9.17) is 4.74 Å². The van der Waals surface area contributed by atoms with Gasteiger partial charge in [0.2, 0.25) is 10.0 Å². The van der Waals surface area contributed by atoms with E-state index >= 15 is 0 Å². The molecule has 1 unspecified atom stereocenters. The van der Waals surface area contributed by atoms with Gasteiger partial charge in [0, 0.05) is 19.6 Å². The molecule has 0 saturated carbocycles. The summed E-state index contributed by atoms with van der Waals surface area (Å²) in [7, 11) is -0.155. The molecule has 1 N–H and O–H groups in total. The fraction of sp³-hybridized carbons (Fsp3) is 0.600. The molecule has 1 aliphatic heterocycles. The summed E-state index contributed by atoms with van der Waals surface area (Å²) in [5.74, 6) is 0.813. The smallest absolute Gasteiger partial charge is 0.246 e.